The third-order valence-corrected chi connectivity index (χ3v) is 2.79. The highest BCUT2D eigenvalue weighted by molar-refractivity contribution is 9.10. The molecule has 1 heterocycles. The second-order valence-electron chi connectivity index (χ2n) is 4.06. The van der Waals surface area contributed by atoms with E-state index < -0.39 is 12.8 Å². The average molecular weight is 341 g/mol. The highest BCUT2D eigenvalue weighted by atomic mass is 79.9. The van der Waals surface area contributed by atoms with Crippen LogP contribution < -0.4 is 5.32 Å². The average Bonchev–Trinajstić information content (AvgIpc) is 2.30. The minimum Gasteiger partial charge on any atom is -0.370 e. The molecule has 0 spiro atoms. The van der Waals surface area contributed by atoms with E-state index in [0.717, 1.165) is 10.2 Å². The lowest BCUT2D eigenvalue weighted by Gasteiger charge is -2.18. The van der Waals surface area contributed by atoms with Gasteiger partial charge in [0.25, 0.3) is 0 Å². The zero-order chi connectivity index (χ0) is 14.3. The fourth-order valence-electron chi connectivity index (χ4n) is 1.58. The molecule has 1 atom stereocenters. The summed E-state index contributed by atoms with van der Waals surface area (Å²) < 4.78 is 41.6. The molecule has 0 saturated heterocycles. The maximum Gasteiger partial charge on any atom is 0.411 e. The van der Waals surface area contributed by atoms with Crippen molar-refractivity contribution in [3.05, 3.63) is 28.5 Å². The molecule has 0 fully saturated rings. The van der Waals surface area contributed by atoms with Crippen molar-refractivity contribution in [2.24, 2.45) is 0 Å². The number of nitrogens with one attached hydrogen (secondary N) is 1. The first-order valence-electron chi connectivity index (χ1n) is 5.89. The summed E-state index contributed by atoms with van der Waals surface area (Å²) in [6, 6.07) is 3.50. The van der Waals surface area contributed by atoms with Gasteiger partial charge in [-0.3, -0.25) is 4.98 Å². The van der Waals surface area contributed by atoms with Crippen LogP contribution in [0.25, 0.3) is 0 Å². The Hall–Kier alpha value is -0.660. The van der Waals surface area contributed by atoms with Crippen LogP contribution >= 0.6 is 15.9 Å². The minimum atomic E-state index is -4.29. The van der Waals surface area contributed by atoms with E-state index in [0.29, 0.717) is 13.0 Å². The number of aromatic nitrogens is 1. The van der Waals surface area contributed by atoms with E-state index in [2.05, 4.69) is 31.0 Å². The van der Waals surface area contributed by atoms with Gasteiger partial charge in [-0.25, -0.2) is 0 Å². The largest absolute Gasteiger partial charge is 0.411 e. The summed E-state index contributed by atoms with van der Waals surface area (Å²) in [5.74, 6) is 0. The number of hydrogen-bond acceptors (Lipinski definition) is 3. The molecule has 0 radical (unpaired) electrons. The molecule has 1 unspecified atom stereocenters. The molecule has 7 heteroatoms. The smallest absolute Gasteiger partial charge is 0.370 e. The Morgan fingerprint density at radius 1 is 1.42 bits per heavy atom. The normalized spacial score (nSPS) is 13.5. The van der Waals surface area contributed by atoms with Gasteiger partial charge in [0, 0.05) is 28.8 Å². The first kappa shape index (κ1) is 16.4. The minimum absolute atomic E-state index is 0.00505. The van der Waals surface area contributed by atoms with Gasteiger partial charge < -0.3 is 10.1 Å². The van der Waals surface area contributed by atoms with Crippen LogP contribution in [0, 0.1) is 0 Å². The molecule has 3 nitrogen and oxygen atoms in total. The van der Waals surface area contributed by atoms with E-state index in [4.69, 9.17) is 0 Å². The lowest BCUT2D eigenvalue weighted by Crippen LogP contribution is -2.36. The highest BCUT2D eigenvalue weighted by Crippen LogP contribution is 2.15. The molecule has 0 saturated carbocycles. The van der Waals surface area contributed by atoms with E-state index in [9.17, 15) is 13.2 Å². The van der Waals surface area contributed by atoms with E-state index in [-0.39, 0.29) is 12.6 Å². The Morgan fingerprint density at radius 2 is 2.16 bits per heavy atom. The van der Waals surface area contributed by atoms with Crippen LogP contribution in [0.15, 0.2) is 22.8 Å². The number of halogens is 4. The molecule has 0 aliphatic carbocycles. The maximum absolute atomic E-state index is 12.0. The van der Waals surface area contributed by atoms with Crippen molar-refractivity contribution in [2.45, 2.75) is 25.6 Å². The first-order valence-corrected chi connectivity index (χ1v) is 6.68. The molecule has 0 aliphatic rings. The van der Waals surface area contributed by atoms with Crippen LogP contribution in [-0.2, 0) is 11.2 Å². The van der Waals surface area contributed by atoms with E-state index in [1.54, 1.807) is 6.20 Å². The Morgan fingerprint density at radius 3 is 2.68 bits per heavy atom. The molecule has 1 rings (SSSR count). The van der Waals surface area contributed by atoms with Gasteiger partial charge >= 0.3 is 6.18 Å². The van der Waals surface area contributed by atoms with Gasteiger partial charge in [-0.05, 0) is 34.6 Å². The van der Waals surface area contributed by atoms with E-state index in [1.165, 1.54) is 0 Å². The Bertz CT molecular complexity index is 370. The molecule has 1 N–H and O–H groups in total. The number of hydrogen-bond donors (Lipinski definition) is 1. The summed E-state index contributed by atoms with van der Waals surface area (Å²) in [6.45, 7) is 1.34. The number of ether oxygens (including phenoxy) is 1. The summed E-state index contributed by atoms with van der Waals surface area (Å²) in [5, 5.41) is 3.09. The lowest BCUT2D eigenvalue weighted by molar-refractivity contribution is -0.175. The van der Waals surface area contributed by atoms with Crippen LogP contribution in [0.1, 0.15) is 12.6 Å². The third-order valence-electron chi connectivity index (χ3n) is 2.32. The number of alkyl halides is 3. The molecular formula is C12H16BrF3N2O. The van der Waals surface area contributed by atoms with Crippen LogP contribution in [0.2, 0.25) is 0 Å². The monoisotopic (exact) mass is 340 g/mol. The SMILES string of the molecule is CCNC(COCC(F)(F)F)Cc1ccc(Br)cn1. The molecule has 19 heavy (non-hydrogen) atoms. The summed E-state index contributed by atoms with van der Waals surface area (Å²) >= 11 is 3.28. The predicted octanol–water partition coefficient (Wildman–Crippen LogP) is 2.94. The van der Waals surface area contributed by atoms with Crippen molar-refractivity contribution in [1.82, 2.24) is 10.3 Å². The quantitative estimate of drug-likeness (QED) is 0.828. The standard InChI is InChI=1S/C12H16BrF3N2O/c1-2-17-11(7-19-8-12(14,15)16)5-10-4-3-9(13)6-18-10/h3-4,6,11,17H,2,5,7-8H2,1H3. The van der Waals surface area contributed by atoms with Gasteiger partial charge in [0.15, 0.2) is 0 Å². The van der Waals surface area contributed by atoms with E-state index >= 15 is 0 Å². The molecule has 0 amide bonds. The van der Waals surface area contributed by atoms with Gasteiger partial charge in [0.2, 0.25) is 0 Å². The fraction of sp³-hybridized carbons (Fsp3) is 0.583. The first-order chi connectivity index (χ1) is 8.90. The maximum atomic E-state index is 12.0. The second-order valence-corrected chi connectivity index (χ2v) is 4.97. The molecule has 1 aromatic rings. The van der Waals surface area contributed by atoms with Crippen LogP contribution in [0.5, 0.6) is 0 Å². The summed E-state index contributed by atoms with van der Waals surface area (Å²) in [7, 11) is 0. The highest BCUT2D eigenvalue weighted by Gasteiger charge is 2.27. The van der Waals surface area contributed by atoms with Crippen molar-refractivity contribution in [2.75, 3.05) is 19.8 Å². The zero-order valence-corrected chi connectivity index (χ0v) is 12.1. The number of pyridine rings is 1. The van der Waals surface area contributed by atoms with Crippen molar-refractivity contribution in [3.63, 3.8) is 0 Å². The summed E-state index contributed by atoms with van der Waals surface area (Å²) in [5.41, 5.74) is 0.810. The molecule has 108 valence electrons. The van der Waals surface area contributed by atoms with Gasteiger partial charge in [0.05, 0.1) is 6.61 Å². The van der Waals surface area contributed by atoms with Crippen LogP contribution in [-0.4, -0.2) is 37.0 Å². The molecule has 0 aromatic carbocycles. The number of rotatable bonds is 7. The van der Waals surface area contributed by atoms with Gasteiger partial charge in [-0.2, -0.15) is 13.2 Å². The Labute approximate surface area is 118 Å². The second kappa shape index (κ2) is 7.81. The van der Waals surface area contributed by atoms with Gasteiger partial charge in [-0.1, -0.05) is 6.92 Å². The van der Waals surface area contributed by atoms with Crippen molar-refractivity contribution < 1.29 is 17.9 Å². The zero-order valence-electron chi connectivity index (χ0n) is 10.5. The van der Waals surface area contributed by atoms with Crippen LogP contribution in [0.3, 0.4) is 0 Å². The summed E-state index contributed by atoms with van der Waals surface area (Å²) in [4.78, 5) is 4.19. The van der Waals surface area contributed by atoms with Crippen LogP contribution in [0.4, 0.5) is 13.2 Å². The third kappa shape index (κ3) is 7.49. The van der Waals surface area contributed by atoms with Crippen molar-refractivity contribution in [1.29, 1.82) is 0 Å². The van der Waals surface area contributed by atoms with Gasteiger partial charge in [-0.15, -0.1) is 0 Å². The predicted molar refractivity (Wildman–Crippen MR) is 70.0 cm³/mol. The fourth-order valence-corrected chi connectivity index (χ4v) is 1.81. The van der Waals surface area contributed by atoms with Crippen molar-refractivity contribution in [3.8, 4) is 0 Å². The molecular weight excluding hydrogens is 325 g/mol. The van der Waals surface area contributed by atoms with E-state index in [1.807, 2.05) is 19.1 Å². The van der Waals surface area contributed by atoms with Crippen molar-refractivity contribution >= 4 is 15.9 Å². The number of nitrogens with zero attached hydrogens (tertiary/aromatic N) is 1. The lowest BCUT2D eigenvalue weighted by atomic mass is 10.1. The Kier molecular flexibility index (Phi) is 6.74. The number of likely N-dealkylation sites (N-methyl/N-ethyl adjacent to an activating group) is 1. The molecule has 0 aliphatic heterocycles. The summed E-state index contributed by atoms with van der Waals surface area (Å²) in [6.07, 6.45) is -2.10. The topological polar surface area (TPSA) is 34.1 Å². The molecule has 0 bridgehead atoms. The molecule has 1 aromatic heterocycles. The van der Waals surface area contributed by atoms with Gasteiger partial charge in [0.1, 0.15) is 6.61 Å². The Balaban J connectivity index is 2.45.